The van der Waals surface area contributed by atoms with Crippen molar-refractivity contribution in [1.29, 1.82) is 0 Å². The van der Waals surface area contributed by atoms with Crippen molar-refractivity contribution in [3.05, 3.63) is 35.9 Å². The van der Waals surface area contributed by atoms with Gasteiger partial charge in [0.1, 0.15) is 0 Å². The lowest BCUT2D eigenvalue weighted by molar-refractivity contribution is -0.143. The van der Waals surface area contributed by atoms with Crippen LogP contribution in [0.2, 0.25) is 0 Å². The van der Waals surface area contributed by atoms with E-state index in [4.69, 9.17) is 4.74 Å². The van der Waals surface area contributed by atoms with Crippen LogP contribution in [0, 0.1) is 0 Å². The van der Waals surface area contributed by atoms with Crippen molar-refractivity contribution in [3.8, 4) is 0 Å². The van der Waals surface area contributed by atoms with Crippen LogP contribution < -0.4 is 5.32 Å². The van der Waals surface area contributed by atoms with Crippen LogP contribution in [0.1, 0.15) is 45.1 Å². The topological polar surface area (TPSA) is 58.6 Å². The Balaban J connectivity index is 2.26. The number of aliphatic hydroxyl groups is 1. The minimum Gasteiger partial charge on any atom is -0.466 e. The molecule has 0 aliphatic carbocycles. The number of ether oxygens (including phenoxy) is 1. The number of carbonyl (C=O) groups excluding carboxylic acids is 1. The number of hydrogen-bond donors (Lipinski definition) is 2. The third-order valence-corrected chi connectivity index (χ3v) is 3.61. The molecule has 0 heterocycles. The maximum atomic E-state index is 11.2. The Bertz CT molecular complexity index is 408. The van der Waals surface area contributed by atoms with Gasteiger partial charge in [-0.25, -0.2) is 0 Å². The molecule has 0 amide bonds. The van der Waals surface area contributed by atoms with Crippen LogP contribution in [-0.2, 0) is 15.1 Å². The molecule has 0 radical (unpaired) electrons. The van der Waals surface area contributed by atoms with Gasteiger partial charge in [-0.15, -0.1) is 0 Å². The van der Waals surface area contributed by atoms with Gasteiger partial charge in [-0.05, 0) is 38.8 Å². The molecule has 1 unspecified atom stereocenters. The normalized spacial score (nSPS) is 13.7. The summed E-state index contributed by atoms with van der Waals surface area (Å²) in [7, 11) is 0. The van der Waals surface area contributed by atoms with Gasteiger partial charge in [0.15, 0.2) is 0 Å². The van der Waals surface area contributed by atoms with Gasteiger partial charge in [-0.1, -0.05) is 36.8 Å². The highest BCUT2D eigenvalue weighted by Crippen LogP contribution is 2.19. The molecule has 1 atom stereocenters. The minimum atomic E-state index is -0.414. The van der Waals surface area contributed by atoms with Crippen LogP contribution in [0.5, 0.6) is 0 Å². The Morgan fingerprint density at radius 2 is 1.95 bits per heavy atom. The average Bonchev–Trinajstić information content (AvgIpc) is 2.51. The maximum Gasteiger partial charge on any atom is 0.305 e. The molecule has 0 aliphatic heterocycles. The molecule has 21 heavy (non-hydrogen) atoms. The van der Waals surface area contributed by atoms with Crippen molar-refractivity contribution >= 4 is 5.97 Å². The lowest BCUT2D eigenvalue weighted by Gasteiger charge is -2.29. The number of esters is 1. The maximum absolute atomic E-state index is 11.2. The van der Waals surface area contributed by atoms with Gasteiger partial charge in [0.05, 0.1) is 18.8 Å². The summed E-state index contributed by atoms with van der Waals surface area (Å²) in [6.07, 6.45) is 3.29. The van der Waals surface area contributed by atoms with E-state index < -0.39 is 5.54 Å². The molecule has 0 aromatic heterocycles. The number of unbranched alkanes of at least 4 members (excludes halogenated alkanes) is 2. The Kier molecular flexibility index (Phi) is 8.01. The van der Waals surface area contributed by atoms with Gasteiger partial charge in [0, 0.05) is 6.42 Å². The predicted octanol–water partition coefficient (Wildman–Crippen LogP) is 2.61. The number of nitrogens with one attached hydrogen (secondary N) is 1. The summed E-state index contributed by atoms with van der Waals surface area (Å²) in [6, 6.07) is 9.96. The van der Waals surface area contributed by atoms with Crippen molar-refractivity contribution in [2.24, 2.45) is 0 Å². The second kappa shape index (κ2) is 9.53. The first-order chi connectivity index (χ1) is 10.1. The zero-order chi connectivity index (χ0) is 15.6. The van der Waals surface area contributed by atoms with Crippen molar-refractivity contribution in [2.75, 3.05) is 19.8 Å². The summed E-state index contributed by atoms with van der Waals surface area (Å²) in [6.45, 7) is 5.14. The van der Waals surface area contributed by atoms with E-state index in [1.165, 1.54) is 0 Å². The molecule has 0 saturated heterocycles. The van der Waals surface area contributed by atoms with E-state index >= 15 is 0 Å². The first-order valence-electron chi connectivity index (χ1n) is 7.69. The van der Waals surface area contributed by atoms with Crippen LogP contribution >= 0.6 is 0 Å². The van der Waals surface area contributed by atoms with E-state index in [2.05, 4.69) is 5.32 Å². The Labute approximate surface area is 127 Å². The zero-order valence-electron chi connectivity index (χ0n) is 13.1. The van der Waals surface area contributed by atoms with Crippen LogP contribution in [0.15, 0.2) is 30.3 Å². The van der Waals surface area contributed by atoms with Gasteiger partial charge in [0.25, 0.3) is 0 Å². The van der Waals surface area contributed by atoms with Gasteiger partial charge >= 0.3 is 5.97 Å². The van der Waals surface area contributed by atoms with Crippen LogP contribution in [0.25, 0.3) is 0 Å². The van der Waals surface area contributed by atoms with E-state index in [0.717, 1.165) is 31.4 Å². The number of benzene rings is 1. The molecule has 2 N–H and O–H groups in total. The Morgan fingerprint density at radius 1 is 1.24 bits per heavy atom. The molecular weight excluding hydrogens is 266 g/mol. The quantitative estimate of drug-likeness (QED) is 0.514. The van der Waals surface area contributed by atoms with Gasteiger partial charge < -0.3 is 15.2 Å². The smallest absolute Gasteiger partial charge is 0.305 e. The first kappa shape index (κ1) is 17.7. The van der Waals surface area contributed by atoms with Gasteiger partial charge in [-0.3, -0.25) is 4.79 Å². The lowest BCUT2D eigenvalue weighted by Crippen LogP contribution is -2.43. The number of aliphatic hydroxyl groups excluding tert-OH is 1. The number of rotatable bonds is 10. The van der Waals surface area contributed by atoms with Crippen molar-refractivity contribution in [3.63, 3.8) is 0 Å². The summed E-state index contributed by atoms with van der Waals surface area (Å²) in [5.41, 5.74) is 0.668. The second-order valence-electron chi connectivity index (χ2n) is 5.40. The fourth-order valence-corrected chi connectivity index (χ4v) is 2.22. The van der Waals surface area contributed by atoms with Crippen molar-refractivity contribution in [2.45, 2.75) is 45.1 Å². The molecular formula is C17H27NO3. The number of hydrogen-bond acceptors (Lipinski definition) is 4. The fourth-order valence-electron chi connectivity index (χ4n) is 2.22. The summed E-state index contributed by atoms with van der Waals surface area (Å²) >= 11 is 0. The summed E-state index contributed by atoms with van der Waals surface area (Å²) < 4.78 is 4.89. The van der Waals surface area contributed by atoms with Crippen LogP contribution in [-0.4, -0.2) is 30.8 Å². The molecule has 0 bridgehead atoms. The van der Waals surface area contributed by atoms with E-state index in [0.29, 0.717) is 13.0 Å². The summed E-state index contributed by atoms with van der Waals surface area (Å²) in [5.74, 6) is -0.116. The molecule has 4 nitrogen and oxygen atoms in total. The molecule has 0 fully saturated rings. The molecule has 4 heteroatoms. The fraction of sp³-hybridized carbons (Fsp3) is 0.588. The highest BCUT2D eigenvalue weighted by atomic mass is 16.5. The van der Waals surface area contributed by atoms with E-state index in [-0.39, 0.29) is 12.6 Å². The predicted molar refractivity (Wildman–Crippen MR) is 84.0 cm³/mol. The third-order valence-electron chi connectivity index (χ3n) is 3.61. The standard InChI is InChI=1S/C17H27NO3/c1-3-21-16(20)12-8-5-9-13-18-17(2,14-19)15-10-6-4-7-11-15/h4,6-7,10-11,18-19H,3,5,8-9,12-14H2,1-2H3. The Hall–Kier alpha value is -1.39. The molecule has 0 aliphatic rings. The highest BCUT2D eigenvalue weighted by Gasteiger charge is 2.24. The largest absolute Gasteiger partial charge is 0.466 e. The molecule has 1 aromatic rings. The second-order valence-corrected chi connectivity index (χ2v) is 5.40. The summed E-state index contributed by atoms with van der Waals surface area (Å²) in [5, 5.41) is 13.1. The number of carbonyl (C=O) groups is 1. The summed E-state index contributed by atoms with van der Waals surface area (Å²) in [4.78, 5) is 11.2. The third kappa shape index (κ3) is 6.27. The molecule has 1 aromatic carbocycles. The molecule has 118 valence electrons. The van der Waals surface area contributed by atoms with Crippen molar-refractivity contribution in [1.82, 2.24) is 5.32 Å². The molecule has 0 saturated carbocycles. The monoisotopic (exact) mass is 293 g/mol. The minimum absolute atomic E-state index is 0.0554. The van der Waals surface area contributed by atoms with E-state index in [1.54, 1.807) is 0 Å². The SMILES string of the molecule is CCOC(=O)CCCCCNC(C)(CO)c1ccccc1. The first-order valence-corrected chi connectivity index (χ1v) is 7.69. The van der Waals surface area contributed by atoms with E-state index in [1.807, 2.05) is 44.2 Å². The van der Waals surface area contributed by atoms with E-state index in [9.17, 15) is 9.90 Å². The van der Waals surface area contributed by atoms with Crippen LogP contribution in [0.4, 0.5) is 0 Å². The van der Waals surface area contributed by atoms with Gasteiger partial charge in [-0.2, -0.15) is 0 Å². The highest BCUT2D eigenvalue weighted by molar-refractivity contribution is 5.69. The molecule has 1 rings (SSSR count). The lowest BCUT2D eigenvalue weighted by atomic mass is 9.93. The van der Waals surface area contributed by atoms with Crippen LogP contribution in [0.3, 0.4) is 0 Å². The van der Waals surface area contributed by atoms with Crippen molar-refractivity contribution < 1.29 is 14.6 Å². The Morgan fingerprint density at radius 3 is 2.57 bits per heavy atom. The average molecular weight is 293 g/mol. The zero-order valence-corrected chi connectivity index (χ0v) is 13.1. The molecule has 0 spiro atoms. The van der Waals surface area contributed by atoms with Gasteiger partial charge in [0.2, 0.25) is 0 Å².